The predicted octanol–water partition coefficient (Wildman–Crippen LogP) is 2.47. The van der Waals surface area contributed by atoms with E-state index in [1.807, 2.05) is 6.07 Å². The maximum absolute atomic E-state index is 6.74. The molecule has 2 rings (SSSR count). The molecule has 1 aliphatic heterocycles. The summed E-state index contributed by atoms with van der Waals surface area (Å²) in [4.78, 5) is 3.36. The summed E-state index contributed by atoms with van der Waals surface area (Å²) >= 11 is 0. The number of nitrogens with zero attached hydrogens (tertiary/aromatic N) is 1. The highest BCUT2D eigenvalue weighted by Crippen LogP contribution is 2.29. The van der Waals surface area contributed by atoms with Crippen LogP contribution in [0.15, 0.2) is 18.2 Å². The molecule has 1 atom stereocenters. The number of benzene rings is 1. The lowest BCUT2D eigenvalue weighted by Gasteiger charge is -2.02. The van der Waals surface area contributed by atoms with Gasteiger partial charge in [0.15, 0.2) is 0 Å². The molecule has 0 aromatic heterocycles. The minimum atomic E-state index is 0.307. The molecular weight excluding hydrogens is 174 g/mol. The van der Waals surface area contributed by atoms with Crippen LogP contribution in [0.3, 0.4) is 0 Å². The van der Waals surface area contributed by atoms with Gasteiger partial charge in [0.2, 0.25) is 6.54 Å². The summed E-state index contributed by atoms with van der Waals surface area (Å²) in [5.41, 5.74) is 2.54. The van der Waals surface area contributed by atoms with Crippen molar-refractivity contribution >= 4 is 0 Å². The van der Waals surface area contributed by atoms with Gasteiger partial charge in [0.1, 0.15) is 11.9 Å². The van der Waals surface area contributed by atoms with Crippen molar-refractivity contribution in [2.24, 2.45) is 0 Å². The molecule has 0 saturated heterocycles. The molecule has 0 amide bonds. The number of ether oxygens (including phenoxy) is 1. The third-order valence-electron chi connectivity index (χ3n) is 2.47. The highest BCUT2D eigenvalue weighted by Gasteiger charge is 2.18. The standard InChI is InChI=1S/C12H13NO/c1-9-7-11-8-10(5-6-13-2)3-4-12(11)14-9/h3-4,8-9H,5-7H2,1H3. The first-order chi connectivity index (χ1) is 6.79. The maximum atomic E-state index is 6.74. The van der Waals surface area contributed by atoms with E-state index in [1.54, 1.807) is 0 Å². The highest BCUT2D eigenvalue weighted by molar-refractivity contribution is 5.40. The van der Waals surface area contributed by atoms with E-state index >= 15 is 0 Å². The molecule has 1 heterocycles. The largest absolute Gasteiger partial charge is 0.490 e. The van der Waals surface area contributed by atoms with Gasteiger partial charge in [-0.3, -0.25) is 0 Å². The van der Waals surface area contributed by atoms with E-state index in [0.717, 1.165) is 18.6 Å². The van der Waals surface area contributed by atoms with Crippen molar-refractivity contribution in [1.29, 1.82) is 0 Å². The third kappa shape index (κ3) is 1.72. The summed E-state index contributed by atoms with van der Waals surface area (Å²) in [7, 11) is 0. The van der Waals surface area contributed by atoms with Crippen molar-refractivity contribution in [2.45, 2.75) is 25.9 Å². The second-order valence-electron chi connectivity index (χ2n) is 3.71. The SMILES string of the molecule is [C-]#[N+]CCc1ccc2c(c1)CC(C)O2. The van der Waals surface area contributed by atoms with Crippen LogP contribution in [0.1, 0.15) is 18.1 Å². The predicted molar refractivity (Wildman–Crippen MR) is 55.4 cm³/mol. The summed E-state index contributed by atoms with van der Waals surface area (Å²) in [6.45, 7) is 9.40. The Morgan fingerprint density at radius 1 is 1.57 bits per heavy atom. The zero-order chi connectivity index (χ0) is 9.97. The van der Waals surface area contributed by atoms with Crippen molar-refractivity contribution in [3.8, 4) is 5.75 Å². The van der Waals surface area contributed by atoms with E-state index in [9.17, 15) is 0 Å². The van der Waals surface area contributed by atoms with Crippen LogP contribution >= 0.6 is 0 Å². The Balaban J connectivity index is 2.17. The number of hydrogen-bond acceptors (Lipinski definition) is 1. The highest BCUT2D eigenvalue weighted by atomic mass is 16.5. The van der Waals surface area contributed by atoms with Crippen molar-refractivity contribution in [3.05, 3.63) is 40.7 Å². The lowest BCUT2D eigenvalue weighted by atomic mass is 10.1. The summed E-state index contributed by atoms with van der Waals surface area (Å²) in [6, 6.07) is 6.25. The quantitative estimate of drug-likeness (QED) is 0.648. The first-order valence-electron chi connectivity index (χ1n) is 4.91. The molecule has 1 aliphatic rings. The van der Waals surface area contributed by atoms with Gasteiger partial charge in [-0.1, -0.05) is 12.1 Å². The average molecular weight is 187 g/mol. The maximum Gasteiger partial charge on any atom is 0.218 e. The second-order valence-corrected chi connectivity index (χ2v) is 3.71. The Morgan fingerprint density at radius 3 is 3.21 bits per heavy atom. The van der Waals surface area contributed by atoms with Crippen LogP contribution in [0.2, 0.25) is 0 Å². The fourth-order valence-corrected chi connectivity index (χ4v) is 1.82. The molecule has 14 heavy (non-hydrogen) atoms. The molecule has 0 bridgehead atoms. The van der Waals surface area contributed by atoms with Gasteiger partial charge < -0.3 is 9.58 Å². The molecule has 0 fully saturated rings. The Kier molecular flexibility index (Phi) is 2.41. The van der Waals surface area contributed by atoms with Crippen molar-refractivity contribution < 1.29 is 4.74 Å². The van der Waals surface area contributed by atoms with Gasteiger partial charge in [0.05, 0.1) is 0 Å². The van der Waals surface area contributed by atoms with E-state index in [2.05, 4.69) is 23.9 Å². The minimum Gasteiger partial charge on any atom is -0.490 e. The molecule has 1 aromatic carbocycles. The Bertz CT molecular complexity index is 378. The molecule has 0 aliphatic carbocycles. The summed E-state index contributed by atoms with van der Waals surface area (Å²) in [6.07, 6.45) is 2.16. The average Bonchev–Trinajstić information content (AvgIpc) is 2.54. The van der Waals surface area contributed by atoms with Crippen LogP contribution in [0.4, 0.5) is 0 Å². The van der Waals surface area contributed by atoms with Crippen LogP contribution in [0.25, 0.3) is 4.85 Å². The number of fused-ring (bicyclic) bond motifs is 1. The van der Waals surface area contributed by atoms with E-state index in [1.165, 1.54) is 11.1 Å². The fourth-order valence-electron chi connectivity index (χ4n) is 1.82. The van der Waals surface area contributed by atoms with Crippen molar-refractivity contribution in [1.82, 2.24) is 0 Å². The summed E-state index contributed by atoms with van der Waals surface area (Å²) in [5.74, 6) is 1.02. The van der Waals surface area contributed by atoms with Crippen LogP contribution in [-0.2, 0) is 12.8 Å². The third-order valence-corrected chi connectivity index (χ3v) is 2.47. The lowest BCUT2D eigenvalue weighted by Crippen LogP contribution is -2.05. The van der Waals surface area contributed by atoms with Crippen LogP contribution in [0, 0.1) is 6.57 Å². The van der Waals surface area contributed by atoms with Crippen LogP contribution < -0.4 is 4.74 Å². The molecule has 2 nitrogen and oxygen atoms in total. The molecule has 0 saturated carbocycles. The van der Waals surface area contributed by atoms with Gasteiger partial charge >= 0.3 is 0 Å². The van der Waals surface area contributed by atoms with Gasteiger partial charge in [-0.25, -0.2) is 6.57 Å². The summed E-state index contributed by atoms with van der Waals surface area (Å²) in [5, 5.41) is 0. The normalized spacial score (nSPS) is 18.4. The second kappa shape index (κ2) is 3.71. The zero-order valence-corrected chi connectivity index (χ0v) is 8.29. The molecule has 0 spiro atoms. The first-order valence-corrected chi connectivity index (χ1v) is 4.91. The van der Waals surface area contributed by atoms with Gasteiger partial charge in [0.25, 0.3) is 0 Å². The Morgan fingerprint density at radius 2 is 2.43 bits per heavy atom. The minimum absolute atomic E-state index is 0.307. The smallest absolute Gasteiger partial charge is 0.218 e. The molecule has 1 unspecified atom stereocenters. The Hall–Kier alpha value is -1.49. The molecular formula is C12H13NO. The first kappa shape index (κ1) is 9.08. The molecule has 0 N–H and O–H groups in total. The van der Waals surface area contributed by atoms with Crippen molar-refractivity contribution in [2.75, 3.05) is 6.54 Å². The van der Waals surface area contributed by atoms with E-state index in [4.69, 9.17) is 11.3 Å². The Labute approximate surface area is 84.3 Å². The van der Waals surface area contributed by atoms with Crippen LogP contribution in [-0.4, -0.2) is 12.6 Å². The van der Waals surface area contributed by atoms with Gasteiger partial charge in [-0.2, -0.15) is 0 Å². The summed E-state index contributed by atoms with van der Waals surface area (Å²) < 4.78 is 5.61. The zero-order valence-electron chi connectivity index (χ0n) is 8.29. The van der Waals surface area contributed by atoms with E-state index < -0.39 is 0 Å². The van der Waals surface area contributed by atoms with Crippen molar-refractivity contribution in [3.63, 3.8) is 0 Å². The molecule has 2 heteroatoms. The van der Waals surface area contributed by atoms with Gasteiger partial charge in [0, 0.05) is 12.8 Å². The molecule has 0 radical (unpaired) electrons. The van der Waals surface area contributed by atoms with E-state index in [0.29, 0.717) is 12.6 Å². The topological polar surface area (TPSA) is 13.6 Å². The van der Waals surface area contributed by atoms with Gasteiger partial charge in [-0.05, 0) is 24.1 Å². The van der Waals surface area contributed by atoms with E-state index in [-0.39, 0.29) is 0 Å². The number of rotatable bonds is 2. The number of hydrogen-bond donors (Lipinski definition) is 0. The lowest BCUT2D eigenvalue weighted by molar-refractivity contribution is 0.254. The van der Waals surface area contributed by atoms with Gasteiger partial charge in [-0.15, -0.1) is 0 Å². The molecule has 1 aromatic rings. The fraction of sp³-hybridized carbons (Fsp3) is 0.417. The monoisotopic (exact) mass is 187 g/mol. The van der Waals surface area contributed by atoms with Crippen LogP contribution in [0.5, 0.6) is 5.75 Å². The molecule has 72 valence electrons.